The van der Waals surface area contributed by atoms with E-state index >= 15 is 0 Å². The first kappa shape index (κ1) is 16.8. The lowest BCUT2D eigenvalue weighted by Crippen LogP contribution is -2.50. The molecule has 1 aliphatic carbocycles. The lowest BCUT2D eigenvalue weighted by molar-refractivity contribution is 0.0182. The maximum atomic E-state index is 12.3. The van der Waals surface area contributed by atoms with Crippen molar-refractivity contribution in [2.75, 3.05) is 13.1 Å². The molecule has 2 unspecified atom stereocenters. The molecule has 5 heteroatoms. The molecule has 4 nitrogen and oxygen atoms in total. The molecule has 1 aliphatic heterocycles. The van der Waals surface area contributed by atoms with Crippen molar-refractivity contribution in [3.8, 4) is 0 Å². The van der Waals surface area contributed by atoms with Gasteiger partial charge >= 0.3 is 6.09 Å². The third-order valence-corrected chi connectivity index (χ3v) is 5.39. The smallest absolute Gasteiger partial charge is 0.410 e. The minimum atomic E-state index is -0.426. The first-order valence-electron chi connectivity index (χ1n) is 8.70. The Morgan fingerprint density at radius 2 is 2.17 bits per heavy atom. The number of likely N-dealkylation sites (tertiary alicyclic amines) is 1. The lowest BCUT2D eigenvalue weighted by Gasteiger charge is -2.36. The molecule has 23 heavy (non-hydrogen) atoms. The monoisotopic (exact) mass is 336 g/mol. The van der Waals surface area contributed by atoms with Crippen molar-refractivity contribution in [2.45, 2.75) is 64.1 Å². The van der Waals surface area contributed by atoms with E-state index in [1.54, 1.807) is 0 Å². The highest BCUT2D eigenvalue weighted by Crippen LogP contribution is 2.42. The zero-order valence-corrected chi connectivity index (χ0v) is 15.2. The summed E-state index contributed by atoms with van der Waals surface area (Å²) in [6.45, 7) is 7.32. The van der Waals surface area contributed by atoms with Crippen molar-refractivity contribution < 1.29 is 9.53 Å². The number of nitrogens with zero attached hydrogens (tertiary/aromatic N) is 1. The van der Waals surface area contributed by atoms with Gasteiger partial charge in [0.1, 0.15) is 5.60 Å². The van der Waals surface area contributed by atoms with Crippen LogP contribution < -0.4 is 5.32 Å². The molecule has 0 bridgehead atoms. The molecule has 1 N–H and O–H groups in total. The van der Waals surface area contributed by atoms with E-state index in [0.717, 1.165) is 31.8 Å². The summed E-state index contributed by atoms with van der Waals surface area (Å²) in [5.41, 5.74) is -0.426. The fraction of sp³-hybridized carbons (Fsp3) is 0.722. The Kier molecular flexibility index (Phi) is 4.97. The topological polar surface area (TPSA) is 41.6 Å². The molecule has 2 aliphatic rings. The van der Waals surface area contributed by atoms with E-state index in [2.05, 4.69) is 22.8 Å². The van der Waals surface area contributed by atoms with Crippen molar-refractivity contribution in [3.05, 3.63) is 22.4 Å². The number of rotatable bonds is 4. The van der Waals surface area contributed by atoms with E-state index in [1.165, 1.54) is 17.7 Å². The van der Waals surface area contributed by atoms with Gasteiger partial charge in [0, 0.05) is 30.1 Å². The second-order valence-corrected chi connectivity index (χ2v) is 8.74. The van der Waals surface area contributed by atoms with Crippen LogP contribution in [0.15, 0.2) is 17.5 Å². The molecule has 1 saturated heterocycles. The van der Waals surface area contributed by atoms with Crippen LogP contribution in [0.25, 0.3) is 0 Å². The summed E-state index contributed by atoms with van der Waals surface area (Å²) in [5, 5.41) is 5.98. The maximum Gasteiger partial charge on any atom is 0.410 e. The molecule has 2 heterocycles. The van der Waals surface area contributed by atoms with Gasteiger partial charge in [-0.1, -0.05) is 6.07 Å². The molecule has 128 valence electrons. The van der Waals surface area contributed by atoms with Gasteiger partial charge in [0.15, 0.2) is 0 Å². The second kappa shape index (κ2) is 6.81. The number of thiophene rings is 1. The molecule has 0 spiro atoms. The van der Waals surface area contributed by atoms with E-state index in [1.807, 2.05) is 37.0 Å². The Balaban J connectivity index is 1.58. The van der Waals surface area contributed by atoms with Crippen molar-refractivity contribution in [1.29, 1.82) is 0 Å². The highest BCUT2D eigenvalue weighted by molar-refractivity contribution is 7.10. The normalized spacial score (nSPS) is 23.6. The van der Waals surface area contributed by atoms with Gasteiger partial charge < -0.3 is 15.0 Å². The summed E-state index contributed by atoms with van der Waals surface area (Å²) in [5.74, 6) is 0.769. The van der Waals surface area contributed by atoms with Crippen molar-refractivity contribution >= 4 is 17.4 Å². The van der Waals surface area contributed by atoms with Crippen molar-refractivity contribution in [2.24, 2.45) is 5.92 Å². The van der Waals surface area contributed by atoms with E-state index < -0.39 is 5.60 Å². The molecule has 0 radical (unpaired) electrons. The van der Waals surface area contributed by atoms with E-state index in [4.69, 9.17) is 4.74 Å². The molecule has 0 aromatic carbocycles. The third kappa shape index (κ3) is 4.70. The van der Waals surface area contributed by atoms with Crippen LogP contribution in [0.1, 0.15) is 57.4 Å². The second-order valence-electron chi connectivity index (χ2n) is 7.76. The zero-order valence-electron chi connectivity index (χ0n) is 14.4. The van der Waals surface area contributed by atoms with E-state index in [9.17, 15) is 4.79 Å². The molecule has 2 atom stereocenters. The molecule has 1 aromatic rings. The fourth-order valence-electron chi connectivity index (χ4n) is 3.21. The Bertz CT molecular complexity index is 520. The third-order valence-electron chi connectivity index (χ3n) is 4.43. The molecule has 1 saturated carbocycles. The SMILES string of the molecule is CC(C)(C)OC(=O)N1CCCC(NC(c2cccs2)C2CC2)C1. The molecule has 2 fully saturated rings. The van der Waals surface area contributed by atoms with Gasteiger partial charge in [-0.25, -0.2) is 4.79 Å². The van der Waals surface area contributed by atoms with Crippen LogP contribution in [0.3, 0.4) is 0 Å². The lowest BCUT2D eigenvalue weighted by atomic mass is 10.0. The molecular weight excluding hydrogens is 308 g/mol. The Hall–Kier alpha value is -1.07. The summed E-state index contributed by atoms with van der Waals surface area (Å²) < 4.78 is 5.52. The Morgan fingerprint density at radius 3 is 2.78 bits per heavy atom. The maximum absolute atomic E-state index is 12.3. The number of hydrogen-bond donors (Lipinski definition) is 1. The van der Waals surface area contributed by atoms with Crippen LogP contribution in [0.4, 0.5) is 4.79 Å². The summed E-state index contributed by atoms with van der Waals surface area (Å²) >= 11 is 1.84. The predicted molar refractivity (Wildman–Crippen MR) is 93.7 cm³/mol. The quantitative estimate of drug-likeness (QED) is 0.896. The minimum Gasteiger partial charge on any atom is -0.444 e. The Morgan fingerprint density at radius 1 is 1.39 bits per heavy atom. The largest absolute Gasteiger partial charge is 0.444 e. The van der Waals surface area contributed by atoms with Crippen molar-refractivity contribution in [3.63, 3.8) is 0 Å². The standard InChI is InChI=1S/C18H28N2O2S/c1-18(2,3)22-17(21)20-10-4-6-14(12-20)19-16(13-8-9-13)15-7-5-11-23-15/h5,7,11,13-14,16,19H,4,6,8-10,12H2,1-3H3. The summed E-state index contributed by atoms with van der Waals surface area (Å²) in [6.07, 6.45) is 4.63. The van der Waals surface area contributed by atoms with Crippen LogP contribution >= 0.6 is 11.3 Å². The zero-order chi connectivity index (χ0) is 16.4. The fourth-order valence-corrected chi connectivity index (χ4v) is 4.09. The molecule has 3 rings (SSSR count). The van der Waals surface area contributed by atoms with Gasteiger partial charge in [-0.3, -0.25) is 0 Å². The highest BCUT2D eigenvalue weighted by atomic mass is 32.1. The first-order valence-corrected chi connectivity index (χ1v) is 9.58. The van der Waals surface area contributed by atoms with Crippen LogP contribution in [0.2, 0.25) is 0 Å². The number of nitrogens with one attached hydrogen (secondary N) is 1. The average Bonchev–Trinajstić information content (AvgIpc) is 3.17. The van der Waals surface area contributed by atoms with Gasteiger partial charge in [-0.05, 0) is 63.8 Å². The van der Waals surface area contributed by atoms with Gasteiger partial charge in [-0.15, -0.1) is 11.3 Å². The van der Waals surface area contributed by atoms with Crippen LogP contribution in [-0.2, 0) is 4.74 Å². The van der Waals surface area contributed by atoms with Gasteiger partial charge in [0.2, 0.25) is 0 Å². The highest BCUT2D eigenvalue weighted by Gasteiger charge is 2.36. The van der Waals surface area contributed by atoms with Crippen LogP contribution in [-0.4, -0.2) is 35.7 Å². The number of ether oxygens (including phenoxy) is 1. The summed E-state index contributed by atoms with van der Waals surface area (Å²) in [4.78, 5) is 15.6. The van der Waals surface area contributed by atoms with Gasteiger partial charge in [0.05, 0.1) is 0 Å². The predicted octanol–water partition coefficient (Wildman–Crippen LogP) is 4.19. The van der Waals surface area contributed by atoms with Crippen LogP contribution in [0, 0.1) is 5.92 Å². The molecular formula is C18H28N2O2S. The molecule has 1 amide bonds. The van der Waals surface area contributed by atoms with Gasteiger partial charge in [-0.2, -0.15) is 0 Å². The minimum absolute atomic E-state index is 0.178. The number of carbonyl (C=O) groups excluding carboxylic acids is 1. The number of amides is 1. The summed E-state index contributed by atoms with van der Waals surface area (Å²) in [6, 6.07) is 5.18. The number of hydrogen-bond acceptors (Lipinski definition) is 4. The molecule has 1 aromatic heterocycles. The van der Waals surface area contributed by atoms with Crippen molar-refractivity contribution in [1.82, 2.24) is 10.2 Å². The number of carbonyl (C=O) groups is 1. The van der Waals surface area contributed by atoms with E-state index in [0.29, 0.717) is 12.1 Å². The average molecular weight is 337 g/mol. The van der Waals surface area contributed by atoms with E-state index in [-0.39, 0.29) is 6.09 Å². The summed E-state index contributed by atoms with van der Waals surface area (Å²) in [7, 11) is 0. The van der Waals surface area contributed by atoms with Crippen LogP contribution in [0.5, 0.6) is 0 Å². The number of piperidine rings is 1. The van der Waals surface area contributed by atoms with Gasteiger partial charge in [0.25, 0.3) is 0 Å². The first-order chi connectivity index (χ1) is 10.9. The Labute approximate surface area is 143 Å².